The molecule has 0 aromatic heterocycles. The summed E-state index contributed by atoms with van der Waals surface area (Å²) >= 11 is 0. The normalized spacial score (nSPS) is 13.1. The summed E-state index contributed by atoms with van der Waals surface area (Å²) in [5, 5.41) is 19.0. The molecule has 1 unspecified atom stereocenters. The highest BCUT2D eigenvalue weighted by Crippen LogP contribution is 2.17. The average molecular weight is 209 g/mol. The minimum absolute atomic E-state index is 0.230. The van der Waals surface area contributed by atoms with E-state index in [1.165, 1.54) is 0 Å². The second-order valence-electron chi connectivity index (χ2n) is 3.87. The molecule has 15 heavy (non-hydrogen) atoms. The Morgan fingerprint density at radius 1 is 1.27 bits per heavy atom. The van der Waals surface area contributed by atoms with Crippen molar-refractivity contribution in [2.75, 3.05) is 20.1 Å². The summed E-state index contributed by atoms with van der Waals surface area (Å²) in [5.41, 5.74) is 0.843. The second-order valence-corrected chi connectivity index (χ2v) is 3.87. The van der Waals surface area contributed by atoms with Gasteiger partial charge in [0.05, 0.1) is 6.10 Å². The topological polar surface area (TPSA) is 43.7 Å². The summed E-state index contributed by atoms with van der Waals surface area (Å²) in [5.74, 6) is 0.230. The smallest absolute Gasteiger partial charge is 0.115 e. The van der Waals surface area contributed by atoms with Crippen LogP contribution in [0.1, 0.15) is 25.0 Å². The van der Waals surface area contributed by atoms with E-state index in [2.05, 4.69) is 11.8 Å². The lowest BCUT2D eigenvalue weighted by molar-refractivity contribution is 0.127. The number of aliphatic hydroxyl groups excluding tert-OH is 1. The van der Waals surface area contributed by atoms with Crippen molar-refractivity contribution in [3.8, 4) is 5.75 Å². The Kier molecular flexibility index (Phi) is 4.59. The van der Waals surface area contributed by atoms with Crippen molar-refractivity contribution >= 4 is 0 Å². The standard InChI is InChI=1S/C12H19NO2/c1-3-8-13(2)9-12(15)10-4-6-11(14)7-5-10/h4-7,12,14-15H,3,8-9H2,1-2H3. The fourth-order valence-corrected chi connectivity index (χ4v) is 1.57. The molecule has 1 rings (SSSR count). The van der Waals surface area contributed by atoms with Crippen LogP contribution in [-0.2, 0) is 0 Å². The fraction of sp³-hybridized carbons (Fsp3) is 0.500. The highest BCUT2D eigenvalue weighted by molar-refractivity contribution is 5.27. The molecule has 0 spiro atoms. The molecule has 3 heteroatoms. The van der Waals surface area contributed by atoms with Gasteiger partial charge in [-0.15, -0.1) is 0 Å². The van der Waals surface area contributed by atoms with Gasteiger partial charge >= 0.3 is 0 Å². The van der Waals surface area contributed by atoms with E-state index in [9.17, 15) is 5.11 Å². The van der Waals surface area contributed by atoms with Crippen LogP contribution in [0, 0.1) is 0 Å². The van der Waals surface area contributed by atoms with Gasteiger partial charge in [-0.3, -0.25) is 0 Å². The van der Waals surface area contributed by atoms with Crippen molar-refractivity contribution in [1.82, 2.24) is 4.90 Å². The molecule has 1 atom stereocenters. The fourth-order valence-electron chi connectivity index (χ4n) is 1.57. The minimum atomic E-state index is -0.484. The van der Waals surface area contributed by atoms with Gasteiger partial charge in [0.2, 0.25) is 0 Å². The van der Waals surface area contributed by atoms with Crippen molar-refractivity contribution < 1.29 is 10.2 Å². The SMILES string of the molecule is CCCN(C)CC(O)c1ccc(O)cc1. The Bertz CT molecular complexity index is 284. The van der Waals surface area contributed by atoms with E-state index in [0.29, 0.717) is 6.54 Å². The summed E-state index contributed by atoms with van der Waals surface area (Å²) in [6, 6.07) is 6.69. The number of hydrogen-bond acceptors (Lipinski definition) is 3. The lowest BCUT2D eigenvalue weighted by atomic mass is 10.1. The number of nitrogens with zero attached hydrogens (tertiary/aromatic N) is 1. The van der Waals surface area contributed by atoms with Gasteiger partial charge in [0.25, 0.3) is 0 Å². The van der Waals surface area contributed by atoms with Crippen LogP contribution in [0.5, 0.6) is 5.75 Å². The lowest BCUT2D eigenvalue weighted by Crippen LogP contribution is -2.25. The molecule has 0 radical (unpaired) electrons. The first kappa shape index (κ1) is 12.0. The van der Waals surface area contributed by atoms with E-state index < -0.39 is 6.10 Å². The van der Waals surface area contributed by atoms with Crippen molar-refractivity contribution in [2.24, 2.45) is 0 Å². The number of aromatic hydroxyl groups is 1. The number of aliphatic hydroxyl groups is 1. The Hall–Kier alpha value is -1.06. The molecule has 3 nitrogen and oxygen atoms in total. The zero-order valence-corrected chi connectivity index (χ0v) is 9.35. The molecule has 0 saturated carbocycles. The number of hydrogen-bond donors (Lipinski definition) is 2. The van der Waals surface area contributed by atoms with E-state index in [4.69, 9.17) is 5.11 Å². The van der Waals surface area contributed by atoms with Crippen LogP contribution in [-0.4, -0.2) is 35.3 Å². The van der Waals surface area contributed by atoms with Gasteiger partial charge in [0.15, 0.2) is 0 Å². The van der Waals surface area contributed by atoms with Crippen molar-refractivity contribution in [1.29, 1.82) is 0 Å². The first-order valence-corrected chi connectivity index (χ1v) is 5.29. The molecule has 2 N–H and O–H groups in total. The van der Waals surface area contributed by atoms with Gasteiger partial charge in [0.1, 0.15) is 5.75 Å². The second kappa shape index (κ2) is 5.73. The number of phenols is 1. The number of phenolic OH excluding ortho intramolecular Hbond substituents is 1. The quantitative estimate of drug-likeness (QED) is 0.776. The highest BCUT2D eigenvalue weighted by atomic mass is 16.3. The Balaban J connectivity index is 2.53. The number of benzene rings is 1. The van der Waals surface area contributed by atoms with Gasteiger partial charge in [-0.05, 0) is 37.7 Å². The number of likely N-dealkylation sites (N-methyl/N-ethyl adjacent to an activating group) is 1. The van der Waals surface area contributed by atoms with Crippen molar-refractivity contribution in [2.45, 2.75) is 19.4 Å². The molecule has 1 aromatic carbocycles. The van der Waals surface area contributed by atoms with E-state index in [1.54, 1.807) is 24.3 Å². The van der Waals surface area contributed by atoms with Crippen LogP contribution in [0.3, 0.4) is 0 Å². The van der Waals surface area contributed by atoms with Gasteiger partial charge in [-0.2, -0.15) is 0 Å². The molecule has 0 heterocycles. The molecule has 0 amide bonds. The number of rotatable bonds is 5. The van der Waals surface area contributed by atoms with Gasteiger partial charge in [-0.25, -0.2) is 0 Å². The van der Waals surface area contributed by atoms with Crippen LogP contribution in [0.2, 0.25) is 0 Å². The summed E-state index contributed by atoms with van der Waals surface area (Å²) in [6.45, 7) is 3.72. The summed E-state index contributed by atoms with van der Waals surface area (Å²) in [6.07, 6.45) is 0.598. The monoisotopic (exact) mass is 209 g/mol. The van der Waals surface area contributed by atoms with Gasteiger partial charge < -0.3 is 15.1 Å². The van der Waals surface area contributed by atoms with Crippen LogP contribution in [0.15, 0.2) is 24.3 Å². The van der Waals surface area contributed by atoms with Gasteiger partial charge in [0, 0.05) is 6.54 Å². The maximum absolute atomic E-state index is 9.89. The predicted molar refractivity (Wildman–Crippen MR) is 60.9 cm³/mol. The molecule has 0 saturated heterocycles. The zero-order chi connectivity index (χ0) is 11.3. The largest absolute Gasteiger partial charge is 0.508 e. The Morgan fingerprint density at radius 3 is 2.40 bits per heavy atom. The van der Waals surface area contributed by atoms with Gasteiger partial charge in [-0.1, -0.05) is 19.1 Å². The minimum Gasteiger partial charge on any atom is -0.508 e. The van der Waals surface area contributed by atoms with Crippen molar-refractivity contribution in [3.05, 3.63) is 29.8 Å². The third-order valence-electron chi connectivity index (χ3n) is 2.37. The van der Waals surface area contributed by atoms with Crippen LogP contribution in [0.25, 0.3) is 0 Å². The third kappa shape index (κ3) is 3.90. The van der Waals surface area contributed by atoms with E-state index in [0.717, 1.165) is 18.5 Å². The van der Waals surface area contributed by atoms with Crippen molar-refractivity contribution in [3.63, 3.8) is 0 Å². The molecule has 0 aliphatic carbocycles. The highest BCUT2D eigenvalue weighted by Gasteiger charge is 2.09. The van der Waals surface area contributed by atoms with Crippen LogP contribution < -0.4 is 0 Å². The average Bonchev–Trinajstić information content (AvgIpc) is 2.18. The molecular weight excluding hydrogens is 190 g/mol. The molecular formula is C12H19NO2. The maximum atomic E-state index is 9.89. The Morgan fingerprint density at radius 2 is 1.87 bits per heavy atom. The Labute approximate surface area is 91.0 Å². The predicted octanol–water partition coefficient (Wildman–Crippen LogP) is 1.77. The molecule has 0 bridgehead atoms. The summed E-state index contributed by atoms with van der Waals surface area (Å²) < 4.78 is 0. The van der Waals surface area contributed by atoms with E-state index >= 15 is 0 Å². The van der Waals surface area contributed by atoms with E-state index in [1.807, 2.05) is 7.05 Å². The maximum Gasteiger partial charge on any atom is 0.115 e. The first-order chi connectivity index (χ1) is 7.13. The first-order valence-electron chi connectivity index (χ1n) is 5.29. The lowest BCUT2D eigenvalue weighted by Gasteiger charge is -2.20. The molecule has 0 fully saturated rings. The van der Waals surface area contributed by atoms with Crippen LogP contribution in [0.4, 0.5) is 0 Å². The van der Waals surface area contributed by atoms with Crippen LogP contribution >= 0.6 is 0 Å². The summed E-state index contributed by atoms with van der Waals surface area (Å²) in [7, 11) is 1.99. The molecule has 0 aliphatic rings. The molecule has 84 valence electrons. The third-order valence-corrected chi connectivity index (χ3v) is 2.37. The zero-order valence-electron chi connectivity index (χ0n) is 9.35. The molecule has 1 aromatic rings. The summed E-state index contributed by atoms with van der Waals surface area (Å²) in [4.78, 5) is 2.09. The molecule has 0 aliphatic heterocycles. The van der Waals surface area contributed by atoms with E-state index in [-0.39, 0.29) is 5.75 Å².